The van der Waals surface area contributed by atoms with Gasteiger partial charge in [0.25, 0.3) is 0 Å². The highest BCUT2D eigenvalue weighted by Crippen LogP contribution is 2.60. The molecule has 1 N–H and O–H groups in total. The number of rotatable bonds is 1. The highest BCUT2D eigenvalue weighted by molar-refractivity contribution is 5.83. The zero-order valence-corrected chi connectivity index (χ0v) is 12.0. The minimum atomic E-state index is 0.0613. The van der Waals surface area contributed by atoms with Crippen molar-refractivity contribution in [2.45, 2.75) is 51.5 Å². The lowest BCUT2D eigenvalue weighted by Gasteiger charge is -2.57. The van der Waals surface area contributed by atoms with Crippen molar-refractivity contribution in [1.82, 2.24) is 10.2 Å². The van der Waals surface area contributed by atoms with Gasteiger partial charge < -0.3 is 10.2 Å². The van der Waals surface area contributed by atoms with Crippen molar-refractivity contribution < 1.29 is 4.79 Å². The van der Waals surface area contributed by atoms with Crippen LogP contribution in [0, 0.1) is 23.2 Å². The summed E-state index contributed by atoms with van der Waals surface area (Å²) in [6.45, 7) is 5.00. The first-order valence-corrected chi connectivity index (χ1v) is 8.17. The van der Waals surface area contributed by atoms with Crippen molar-refractivity contribution in [1.29, 1.82) is 0 Å². The van der Waals surface area contributed by atoms with E-state index in [4.69, 9.17) is 0 Å². The standard InChI is InChI=1S/C16H26N2O/c1-11-10-18(3-2-17-11)15(19)16-7-12-4-13(8-16)6-14(5-12)9-16/h11-14,17H,2-10H2,1H3. The van der Waals surface area contributed by atoms with E-state index in [-0.39, 0.29) is 5.41 Å². The molecule has 1 aliphatic heterocycles. The van der Waals surface area contributed by atoms with Crippen LogP contribution in [0.2, 0.25) is 0 Å². The van der Waals surface area contributed by atoms with E-state index in [1.807, 2.05) is 0 Å². The summed E-state index contributed by atoms with van der Waals surface area (Å²) in [7, 11) is 0. The average Bonchev–Trinajstić information content (AvgIpc) is 2.36. The number of carbonyl (C=O) groups excluding carboxylic acids is 1. The molecule has 0 aromatic carbocycles. The van der Waals surface area contributed by atoms with Crippen LogP contribution in [0.3, 0.4) is 0 Å². The third kappa shape index (κ3) is 1.93. The Morgan fingerprint density at radius 2 is 1.68 bits per heavy atom. The van der Waals surface area contributed by atoms with Gasteiger partial charge >= 0.3 is 0 Å². The Labute approximate surface area is 116 Å². The van der Waals surface area contributed by atoms with Crippen LogP contribution in [-0.4, -0.2) is 36.5 Å². The van der Waals surface area contributed by atoms with E-state index >= 15 is 0 Å². The largest absolute Gasteiger partial charge is 0.339 e. The van der Waals surface area contributed by atoms with Crippen LogP contribution in [-0.2, 0) is 4.79 Å². The molecule has 4 saturated carbocycles. The van der Waals surface area contributed by atoms with E-state index < -0.39 is 0 Å². The fourth-order valence-corrected chi connectivity index (χ4v) is 5.82. The van der Waals surface area contributed by atoms with Crippen LogP contribution in [0.5, 0.6) is 0 Å². The van der Waals surface area contributed by atoms with Crippen molar-refractivity contribution in [3.8, 4) is 0 Å². The van der Waals surface area contributed by atoms with Crippen LogP contribution >= 0.6 is 0 Å². The normalized spacial score (nSPS) is 48.6. The van der Waals surface area contributed by atoms with Gasteiger partial charge in [0.05, 0.1) is 5.41 Å². The first-order chi connectivity index (χ1) is 9.14. The van der Waals surface area contributed by atoms with E-state index in [0.717, 1.165) is 37.4 Å². The summed E-state index contributed by atoms with van der Waals surface area (Å²) in [5.41, 5.74) is 0.0613. The monoisotopic (exact) mass is 262 g/mol. The van der Waals surface area contributed by atoms with E-state index in [1.165, 1.54) is 38.5 Å². The lowest BCUT2D eigenvalue weighted by Crippen LogP contribution is -2.59. The van der Waals surface area contributed by atoms with Crippen molar-refractivity contribution in [2.75, 3.05) is 19.6 Å². The highest BCUT2D eigenvalue weighted by atomic mass is 16.2. The Balaban J connectivity index is 1.56. The fourth-order valence-electron chi connectivity index (χ4n) is 5.82. The van der Waals surface area contributed by atoms with Gasteiger partial charge in [0, 0.05) is 25.7 Å². The van der Waals surface area contributed by atoms with Gasteiger partial charge in [-0.2, -0.15) is 0 Å². The van der Waals surface area contributed by atoms with E-state index in [2.05, 4.69) is 17.1 Å². The zero-order chi connectivity index (χ0) is 13.0. The molecule has 0 aromatic heterocycles. The number of nitrogens with one attached hydrogen (secondary N) is 1. The number of nitrogens with zero attached hydrogens (tertiary/aromatic N) is 1. The average molecular weight is 262 g/mol. The molecule has 5 fully saturated rings. The van der Waals surface area contributed by atoms with Crippen LogP contribution in [0.15, 0.2) is 0 Å². The van der Waals surface area contributed by atoms with Crippen LogP contribution in [0.4, 0.5) is 0 Å². The predicted octanol–water partition coefficient (Wildman–Crippen LogP) is 2.02. The molecule has 1 heterocycles. The topological polar surface area (TPSA) is 32.3 Å². The number of amides is 1. The Morgan fingerprint density at radius 3 is 2.21 bits per heavy atom. The van der Waals surface area contributed by atoms with Gasteiger partial charge in [-0.05, 0) is 63.2 Å². The maximum Gasteiger partial charge on any atom is 0.228 e. The van der Waals surface area contributed by atoms with Crippen molar-refractivity contribution in [3.63, 3.8) is 0 Å². The quantitative estimate of drug-likeness (QED) is 0.784. The van der Waals surface area contributed by atoms with Gasteiger partial charge in [0.15, 0.2) is 0 Å². The smallest absolute Gasteiger partial charge is 0.228 e. The molecule has 1 amide bonds. The Kier molecular flexibility index (Phi) is 2.70. The molecule has 5 aliphatic rings. The van der Waals surface area contributed by atoms with Gasteiger partial charge in [0.2, 0.25) is 5.91 Å². The SMILES string of the molecule is CC1CN(C(=O)C23CC4CC(CC(C4)C2)C3)CCN1. The zero-order valence-electron chi connectivity index (χ0n) is 12.0. The van der Waals surface area contributed by atoms with Gasteiger partial charge in [-0.25, -0.2) is 0 Å². The summed E-state index contributed by atoms with van der Waals surface area (Å²) in [6.07, 6.45) is 7.88. The molecule has 3 heteroatoms. The summed E-state index contributed by atoms with van der Waals surface area (Å²) < 4.78 is 0. The Bertz CT molecular complexity index is 357. The second kappa shape index (κ2) is 4.21. The molecule has 5 rings (SSSR count). The predicted molar refractivity (Wildman–Crippen MR) is 74.6 cm³/mol. The molecule has 0 aromatic rings. The summed E-state index contributed by atoms with van der Waals surface area (Å²) in [4.78, 5) is 15.3. The van der Waals surface area contributed by atoms with Gasteiger partial charge in [-0.15, -0.1) is 0 Å². The molecule has 3 nitrogen and oxygen atoms in total. The molecule has 4 aliphatic carbocycles. The number of hydrogen-bond donors (Lipinski definition) is 1. The van der Waals surface area contributed by atoms with Gasteiger partial charge in [-0.3, -0.25) is 4.79 Å². The summed E-state index contributed by atoms with van der Waals surface area (Å²) >= 11 is 0. The third-order valence-corrected chi connectivity index (χ3v) is 6.15. The lowest BCUT2D eigenvalue weighted by atomic mass is 9.49. The van der Waals surface area contributed by atoms with E-state index in [1.54, 1.807) is 0 Å². The lowest BCUT2D eigenvalue weighted by molar-refractivity contribution is -0.158. The molecule has 19 heavy (non-hydrogen) atoms. The number of carbonyl (C=O) groups is 1. The van der Waals surface area contributed by atoms with Crippen LogP contribution < -0.4 is 5.32 Å². The summed E-state index contributed by atoms with van der Waals surface area (Å²) in [5, 5.41) is 3.45. The molecular formula is C16H26N2O. The van der Waals surface area contributed by atoms with E-state index in [9.17, 15) is 4.79 Å². The molecule has 1 unspecified atom stereocenters. The van der Waals surface area contributed by atoms with Crippen LogP contribution in [0.25, 0.3) is 0 Å². The first kappa shape index (κ1) is 12.2. The van der Waals surface area contributed by atoms with E-state index in [0.29, 0.717) is 11.9 Å². The van der Waals surface area contributed by atoms with Crippen LogP contribution in [0.1, 0.15) is 45.4 Å². The molecule has 1 saturated heterocycles. The maximum atomic E-state index is 13.1. The summed E-state index contributed by atoms with van der Waals surface area (Å²) in [5.74, 6) is 3.13. The fraction of sp³-hybridized carbons (Fsp3) is 0.938. The summed E-state index contributed by atoms with van der Waals surface area (Å²) in [6, 6.07) is 0.464. The molecule has 0 spiro atoms. The van der Waals surface area contributed by atoms with Crippen molar-refractivity contribution in [3.05, 3.63) is 0 Å². The third-order valence-electron chi connectivity index (χ3n) is 6.15. The molecular weight excluding hydrogens is 236 g/mol. The molecule has 4 bridgehead atoms. The van der Waals surface area contributed by atoms with Gasteiger partial charge in [0.1, 0.15) is 0 Å². The highest BCUT2D eigenvalue weighted by Gasteiger charge is 2.55. The molecule has 106 valence electrons. The maximum absolute atomic E-state index is 13.1. The molecule has 0 radical (unpaired) electrons. The molecule has 1 atom stereocenters. The number of piperazine rings is 1. The minimum absolute atomic E-state index is 0.0613. The number of hydrogen-bond acceptors (Lipinski definition) is 2. The first-order valence-electron chi connectivity index (χ1n) is 8.17. The second-order valence-corrected chi connectivity index (χ2v) is 7.80. The van der Waals surface area contributed by atoms with Gasteiger partial charge in [-0.1, -0.05) is 0 Å². The van der Waals surface area contributed by atoms with Crippen molar-refractivity contribution >= 4 is 5.91 Å². The second-order valence-electron chi connectivity index (χ2n) is 7.80. The van der Waals surface area contributed by atoms with Crippen molar-refractivity contribution in [2.24, 2.45) is 23.2 Å². The minimum Gasteiger partial charge on any atom is -0.339 e. The Morgan fingerprint density at radius 1 is 1.11 bits per heavy atom. The Hall–Kier alpha value is -0.570.